The molecule has 2 aliphatic rings. The molecule has 0 aromatic carbocycles. The molecule has 2 aromatic heterocycles. The second-order valence-electron chi connectivity index (χ2n) is 7.55. The molecule has 2 aromatic rings. The summed E-state index contributed by atoms with van der Waals surface area (Å²) in [4.78, 5) is 7.30. The van der Waals surface area contributed by atoms with Crippen LogP contribution in [0.1, 0.15) is 50.7 Å². The largest absolute Gasteiger partial charge is 0.363 e. The molecule has 29 heavy (non-hydrogen) atoms. The first-order valence-electron chi connectivity index (χ1n) is 10.6. The third kappa shape index (κ3) is 5.84. The fourth-order valence-electron chi connectivity index (χ4n) is 4.02. The number of hydrogen-bond donors (Lipinski definition) is 2. The van der Waals surface area contributed by atoms with E-state index in [2.05, 4.69) is 54.7 Å². The molecule has 0 atom stereocenters. The number of nitrogens with one attached hydrogen (secondary N) is 2. The molecular weight excluding hydrogens is 497 g/mol. The Kier molecular flexibility index (Phi) is 8.58. The highest BCUT2D eigenvalue weighted by Crippen LogP contribution is 2.24. The van der Waals surface area contributed by atoms with Gasteiger partial charge in [-0.2, -0.15) is 0 Å². The molecule has 2 aliphatic heterocycles. The number of aromatic nitrogens is 3. The summed E-state index contributed by atoms with van der Waals surface area (Å²) in [6.07, 6.45) is 7.00. The van der Waals surface area contributed by atoms with Crippen LogP contribution >= 0.6 is 35.3 Å². The zero-order valence-electron chi connectivity index (χ0n) is 17.1. The Hall–Kier alpha value is -1.36. The number of fused-ring (bicyclic) bond motifs is 1. The number of anilines is 1. The lowest BCUT2D eigenvalue weighted by molar-refractivity contribution is 0.462. The van der Waals surface area contributed by atoms with Crippen LogP contribution in [0.25, 0.3) is 0 Å². The minimum Gasteiger partial charge on any atom is -0.363 e. The zero-order valence-corrected chi connectivity index (χ0v) is 20.3. The monoisotopic (exact) mass is 529 g/mol. The number of rotatable bonds is 5. The van der Waals surface area contributed by atoms with E-state index in [9.17, 15) is 0 Å². The molecule has 0 bridgehead atoms. The highest BCUT2D eigenvalue weighted by Gasteiger charge is 2.21. The van der Waals surface area contributed by atoms with Gasteiger partial charge in [-0.15, -0.1) is 45.5 Å². The van der Waals surface area contributed by atoms with E-state index >= 15 is 0 Å². The van der Waals surface area contributed by atoms with Crippen LogP contribution in [0.4, 0.5) is 5.00 Å². The number of aryl methyl sites for hydroxylation is 1. The summed E-state index contributed by atoms with van der Waals surface area (Å²) in [5.41, 5.74) is 0. The molecule has 0 amide bonds. The summed E-state index contributed by atoms with van der Waals surface area (Å²) in [5, 5.41) is 19.4. The Bertz CT molecular complexity index is 766. The van der Waals surface area contributed by atoms with Crippen molar-refractivity contribution in [3.63, 3.8) is 0 Å². The minimum absolute atomic E-state index is 0. The maximum Gasteiger partial charge on any atom is 0.191 e. The average molecular weight is 529 g/mol. The maximum atomic E-state index is 4.82. The average Bonchev–Trinajstić information content (AvgIpc) is 3.32. The van der Waals surface area contributed by atoms with Crippen LogP contribution in [-0.2, 0) is 19.5 Å². The van der Waals surface area contributed by atoms with Gasteiger partial charge in [-0.25, -0.2) is 4.99 Å². The molecule has 0 radical (unpaired) electrons. The molecule has 160 valence electrons. The van der Waals surface area contributed by atoms with Crippen LogP contribution in [-0.4, -0.2) is 46.4 Å². The topological polar surface area (TPSA) is 70.4 Å². The first kappa shape index (κ1) is 22.3. The first-order valence-corrected chi connectivity index (χ1v) is 11.5. The van der Waals surface area contributed by atoms with E-state index in [1.54, 1.807) is 0 Å². The summed E-state index contributed by atoms with van der Waals surface area (Å²) in [7, 11) is 0. The van der Waals surface area contributed by atoms with Crippen LogP contribution in [0.3, 0.4) is 0 Å². The molecule has 0 aliphatic carbocycles. The molecule has 2 N–H and O–H groups in total. The van der Waals surface area contributed by atoms with Crippen LogP contribution in [0, 0.1) is 0 Å². The van der Waals surface area contributed by atoms with Crippen molar-refractivity contribution in [3.05, 3.63) is 29.2 Å². The van der Waals surface area contributed by atoms with E-state index in [-0.39, 0.29) is 24.0 Å². The van der Waals surface area contributed by atoms with Gasteiger partial charge in [0.1, 0.15) is 12.4 Å². The first-order chi connectivity index (χ1) is 13.8. The summed E-state index contributed by atoms with van der Waals surface area (Å²) >= 11 is 1.83. The highest BCUT2D eigenvalue weighted by atomic mass is 127. The van der Waals surface area contributed by atoms with Gasteiger partial charge >= 0.3 is 0 Å². The van der Waals surface area contributed by atoms with Gasteiger partial charge in [0.2, 0.25) is 0 Å². The Labute approximate surface area is 194 Å². The lowest BCUT2D eigenvalue weighted by Gasteiger charge is -2.33. The van der Waals surface area contributed by atoms with Crippen molar-refractivity contribution in [2.75, 3.05) is 24.5 Å². The highest BCUT2D eigenvalue weighted by molar-refractivity contribution is 14.0. The number of hydrogen-bond acceptors (Lipinski definition) is 5. The number of aliphatic imine (C=N–C) groups is 1. The Morgan fingerprint density at radius 3 is 2.83 bits per heavy atom. The summed E-state index contributed by atoms with van der Waals surface area (Å²) in [6, 6.07) is 4.81. The number of nitrogens with zero attached hydrogens (tertiary/aromatic N) is 5. The zero-order chi connectivity index (χ0) is 19.2. The third-order valence-electron chi connectivity index (χ3n) is 5.56. The predicted molar refractivity (Wildman–Crippen MR) is 130 cm³/mol. The summed E-state index contributed by atoms with van der Waals surface area (Å²) in [5.74, 6) is 3.01. The SMILES string of the molecule is CCNC(=NCc1nnc2n1CCCCC2)NC1CCN(c2cccs2)CC1.I. The molecule has 7 nitrogen and oxygen atoms in total. The predicted octanol–water partition coefficient (Wildman–Crippen LogP) is 3.41. The van der Waals surface area contributed by atoms with Crippen LogP contribution < -0.4 is 15.5 Å². The molecule has 0 unspecified atom stereocenters. The Morgan fingerprint density at radius 2 is 2.07 bits per heavy atom. The lowest BCUT2D eigenvalue weighted by atomic mass is 10.1. The van der Waals surface area contributed by atoms with Gasteiger partial charge in [-0.3, -0.25) is 0 Å². The molecule has 0 saturated carbocycles. The fourth-order valence-corrected chi connectivity index (χ4v) is 4.80. The second-order valence-corrected chi connectivity index (χ2v) is 8.47. The van der Waals surface area contributed by atoms with Crippen LogP contribution in [0.5, 0.6) is 0 Å². The van der Waals surface area contributed by atoms with Gasteiger partial charge in [-0.05, 0) is 50.1 Å². The lowest BCUT2D eigenvalue weighted by Crippen LogP contribution is -2.48. The standard InChI is InChI=1S/C20H31N7S.HI/c1-2-21-20(22-15-18-25-24-17-7-4-3-5-11-27(17)18)23-16-9-12-26(13-10-16)19-8-6-14-28-19;/h6,8,14,16H,2-5,7,9-13,15H2,1H3,(H2,21,22,23);1H. The van der Waals surface area contributed by atoms with Gasteiger partial charge < -0.3 is 20.1 Å². The third-order valence-corrected chi connectivity index (χ3v) is 6.49. The van der Waals surface area contributed by atoms with Gasteiger partial charge in [0, 0.05) is 38.6 Å². The minimum atomic E-state index is 0. The Balaban J connectivity index is 0.00000240. The van der Waals surface area contributed by atoms with E-state index in [4.69, 9.17) is 4.99 Å². The van der Waals surface area contributed by atoms with Crippen molar-refractivity contribution < 1.29 is 0 Å². The number of guanidine groups is 1. The second kappa shape index (κ2) is 11.1. The molecule has 0 spiro atoms. The molecule has 1 saturated heterocycles. The van der Waals surface area contributed by atoms with Crippen molar-refractivity contribution in [1.82, 2.24) is 25.4 Å². The molecule has 9 heteroatoms. The van der Waals surface area contributed by atoms with Crippen molar-refractivity contribution in [1.29, 1.82) is 0 Å². The van der Waals surface area contributed by atoms with Gasteiger partial charge in [-0.1, -0.05) is 6.42 Å². The van der Waals surface area contributed by atoms with Gasteiger partial charge in [0.05, 0.1) is 5.00 Å². The summed E-state index contributed by atoms with van der Waals surface area (Å²) < 4.78 is 2.28. The van der Waals surface area contributed by atoms with E-state index in [1.807, 2.05) is 11.3 Å². The Morgan fingerprint density at radius 1 is 1.21 bits per heavy atom. The quantitative estimate of drug-likeness (QED) is 0.353. The summed E-state index contributed by atoms with van der Waals surface area (Å²) in [6.45, 7) is 6.76. The van der Waals surface area contributed by atoms with Crippen LogP contribution in [0.15, 0.2) is 22.5 Å². The molecule has 1 fully saturated rings. The molecule has 4 rings (SSSR count). The van der Waals surface area contributed by atoms with Gasteiger partial charge in [0.25, 0.3) is 0 Å². The smallest absolute Gasteiger partial charge is 0.191 e. The number of thiophene rings is 1. The van der Waals surface area contributed by atoms with Crippen LogP contribution in [0.2, 0.25) is 0 Å². The molecule has 4 heterocycles. The fraction of sp³-hybridized carbons (Fsp3) is 0.650. The maximum absolute atomic E-state index is 4.82. The van der Waals surface area contributed by atoms with Crippen molar-refractivity contribution in [2.45, 2.75) is 64.6 Å². The van der Waals surface area contributed by atoms with E-state index in [0.29, 0.717) is 12.6 Å². The molecular formula is C20H32IN7S. The van der Waals surface area contributed by atoms with E-state index in [1.165, 1.54) is 24.3 Å². The van der Waals surface area contributed by atoms with Crippen molar-refractivity contribution in [2.24, 2.45) is 4.99 Å². The number of halogens is 1. The number of piperidine rings is 1. The van der Waals surface area contributed by atoms with Crippen molar-refractivity contribution in [3.8, 4) is 0 Å². The van der Waals surface area contributed by atoms with E-state index < -0.39 is 0 Å². The van der Waals surface area contributed by atoms with Gasteiger partial charge in [0.15, 0.2) is 11.8 Å². The normalized spacial score (nSPS) is 18.0. The van der Waals surface area contributed by atoms with E-state index in [0.717, 1.165) is 63.0 Å². The van der Waals surface area contributed by atoms with Crippen molar-refractivity contribution >= 4 is 46.3 Å².